The zero-order valence-electron chi connectivity index (χ0n) is 11.3. The Balaban J connectivity index is 1.80. The van der Waals surface area contributed by atoms with Gasteiger partial charge in [0.2, 0.25) is 0 Å². The standard InChI is InChI=1S/C15H19N3O2/c1-2-10(12-9-16-7-8-17-12)15-18-14(19)11-5-3-4-6-13(11)20-15/h2-6,10,12,15-17H,1,7-9H2,(H,18,19). The summed E-state index contributed by atoms with van der Waals surface area (Å²) in [5.74, 6) is 0.560. The quantitative estimate of drug-likeness (QED) is 0.702. The molecule has 3 unspecified atom stereocenters. The molecule has 2 aliphatic rings. The van der Waals surface area contributed by atoms with Crippen LogP contribution in [0.3, 0.4) is 0 Å². The number of carbonyl (C=O) groups excluding carboxylic acids is 1. The predicted octanol–water partition coefficient (Wildman–Crippen LogP) is 0.499. The molecule has 5 nitrogen and oxygen atoms in total. The highest BCUT2D eigenvalue weighted by molar-refractivity contribution is 5.97. The van der Waals surface area contributed by atoms with Crippen LogP contribution in [-0.2, 0) is 0 Å². The molecule has 2 heterocycles. The van der Waals surface area contributed by atoms with Crippen molar-refractivity contribution in [2.24, 2.45) is 5.92 Å². The van der Waals surface area contributed by atoms with Crippen LogP contribution in [0, 0.1) is 5.92 Å². The Hall–Kier alpha value is -1.85. The molecule has 3 N–H and O–H groups in total. The second-order valence-corrected chi connectivity index (χ2v) is 5.09. The zero-order chi connectivity index (χ0) is 13.9. The first-order chi connectivity index (χ1) is 9.79. The van der Waals surface area contributed by atoms with Gasteiger partial charge in [0.25, 0.3) is 5.91 Å². The van der Waals surface area contributed by atoms with Crippen molar-refractivity contribution in [1.29, 1.82) is 0 Å². The summed E-state index contributed by atoms with van der Waals surface area (Å²) in [5, 5.41) is 9.70. The Morgan fingerprint density at radius 2 is 2.20 bits per heavy atom. The number of ether oxygens (including phenoxy) is 1. The topological polar surface area (TPSA) is 62.4 Å². The highest BCUT2D eigenvalue weighted by Crippen LogP contribution is 2.26. The van der Waals surface area contributed by atoms with Gasteiger partial charge in [-0.25, -0.2) is 0 Å². The zero-order valence-corrected chi connectivity index (χ0v) is 11.3. The second kappa shape index (κ2) is 5.64. The average Bonchev–Trinajstić information content (AvgIpc) is 2.49. The molecule has 0 spiro atoms. The lowest BCUT2D eigenvalue weighted by Gasteiger charge is -2.37. The van der Waals surface area contributed by atoms with Gasteiger partial charge in [0, 0.05) is 31.6 Å². The largest absolute Gasteiger partial charge is 0.469 e. The van der Waals surface area contributed by atoms with E-state index in [1.165, 1.54) is 0 Å². The number of nitrogens with one attached hydrogen (secondary N) is 3. The van der Waals surface area contributed by atoms with Gasteiger partial charge in [0.15, 0.2) is 6.23 Å². The van der Waals surface area contributed by atoms with Crippen LogP contribution < -0.4 is 20.7 Å². The van der Waals surface area contributed by atoms with Crippen molar-refractivity contribution < 1.29 is 9.53 Å². The van der Waals surface area contributed by atoms with Crippen molar-refractivity contribution in [3.63, 3.8) is 0 Å². The molecule has 1 saturated heterocycles. The maximum atomic E-state index is 12.1. The molecule has 1 fully saturated rings. The Bertz CT molecular complexity index is 512. The molecule has 0 radical (unpaired) electrons. The van der Waals surface area contributed by atoms with Gasteiger partial charge < -0.3 is 20.7 Å². The summed E-state index contributed by atoms with van der Waals surface area (Å²) in [6, 6.07) is 7.51. The van der Waals surface area contributed by atoms with E-state index < -0.39 is 0 Å². The maximum absolute atomic E-state index is 12.1. The molecule has 1 aromatic carbocycles. The fraction of sp³-hybridized carbons (Fsp3) is 0.400. The van der Waals surface area contributed by atoms with Crippen LogP contribution in [0.25, 0.3) is 0 Å². The molecular formula is C15H19N3O2. The first-order valence-electron chi connectivity index (χ1n) is 6.93. The fourth-order valence-corrected chi connectivity index (χ4v) is 2.75. The van der Waals surface area contributed by atoms with Gasteiger partial charge in [-0.05, 0) is 12.1 Å². The summed E-state index contributed by atoms with van der Waals surface area (Å²) < 4.78 is 5.94. The summed E-state index contributed by atoms with van der Waals surface area (Å²) >= 11 is 0. The van der Waals surface area contributed by atoms with Gasteiger partial charge >= 0.3 is 0 Å². The lowest BCUT2D eigenvalue weighted by molar-refractivity contribution is 0.0587. The molecular weight excluding hydrogens is 254 g/mol. The minimum atomic E-state index is -0.382. The summed E-state index contributed by atoms with van der Waals surface area (Å²) in [6.45, 7) is 6.60. The minimum Gasteiger partial charge on any atom is -0.469 e. The Morgan fingerprint density at radius 3 is 2.95 bits per heavy atom. The Labute approximate surface area is 118 Å². The van der Waals surface area contributed by atoms with Crippen molar-refractivity contribution in [2.75, 3.05) is 19.6 Å². The van der Waals surface area contributed by atoms with Crippen molar-refractivity contribution >= 4 is 5.91 Å². The van der Waals surface area contributed by atoms with Crippen LogP contribution >= 0.6 is 0 Å². The molecule has 106 valence electrons. The van der Waals surface area contributed by atoms with Crippen LogP contribution in [0.2, 0.25) is 0 Å². The highest BCUT2D eigenvalue weighted by Gasteiger charge is 2.34. The predicted molar refractivity (Wildman–Crippen MR) is 76.7 cm³/mol. The van der Waals surface area contributed by atoms with E-state index in [9.17, 15) is 4.79 Å². The molecule has 3 rings (SSSR count). The number of amides is 1. The maximum Gasteiger partial charge on any atom is 0.257 e. The third-order valence-electron chi connectivity index (χ3n) is 3.82. The molecule has 1 aromatic rings. The highest BCUT2D eigenvalue weighted by atomic mass is 16.5. The van der Waals surface area contributed by atoms with E-state index in [1.807, 2.05) is 24.3 Å². The van der Waals surface area contributed by atoms with Gasteiger partial charge in [-0.1, -0.05) is 18.2 Å². The van der Waals surface area contributed by atoms with E-state index in [0.29, 0.717) is 11.3 Å². The van der Waals surface area contributed by atoms with E-state index in [2.05, 4.69) is 22.5 Å². The summed E-state index contributed by atoms with van der Waals surface area (Å²) in [6.07, 6.45) is 1.47. The van der Waals surface area contributed by atoms with Crippen LogP contribution in [-0.4, -0.2) is 37.8 Å². The number of para-hydroxylation sites is 1. The third kappa shape index (κ3) is 2.42. The Kier molecular flexibility index (Phi) is 3.71. The van der Waals surface area contributed by atoms with Crippen LogP contribution in [0.1, 0.15) is 10.4 Å². The van der Waals surface area contributed by atoms with Crippen molar-refractivity contribution in [1.82, 2.24) is 16.0 Å². The van der Waals surface area contributed by atoms with Gasteiger partial charge in [0.1, 0.15) is 5.75 Å². The number of hydrogen-bond donors (Lipinski definition) is 3. The lowest BCUT2D eigenvalue weighted by Crippen LogP contribution is -2.58. The van der Waals surface area contributed by atoms with Crippen LogP contribution in [0.5, 0.6) is 5.75 Å². The fourth-order valence-electron chi connectivity index (χ4n) is 2.75. The van der Waals surface area contributed by atoms with E-state index in [1.54, 1.807) is 6.07 Å². The van der Waals surface area contributed by atoms with E-state index >= 15 is 0 Å². The number of fused-ring (bicyclic) bond motifs is 1. The molecule has 0 bridgehead atoms. The monoisotopic (exact) mass is 273 g/mol. The molecule has 0 aromatic heterocycles. The first-order valence-corrected chi connectivity index (χ1v) is 6.93. The Morgan fingerprint density at radius 1 is 1.35 bits per heavy atom. The van der Waals surface area contributed by atoms with Crippen molar-refractivity contribution in [3.8, 4) is 5.75 Å². The molecule has 20 heavy (non-hydrogen) atoms. The number of hydrogen-bond acceptors (Lipinski definition) is 4. The number of carbonyl (C=O) groups is 1. The smallest absolute Gasteiger partial charge is 0.257 e. The molecule has 0 aliphatic carbocycles. The van der Waals surface area contributed by atoms with Crippen molar-refractivity contribution in [3.05, 3.63) is 42.5 Å². The van der Waals surface area contributed by atoms with Gasteiger partial charge in [-0.15, -0.1) is 6.58 Å². The molecule has 5 heteroatoms. The van der Waals surface area contributed by atoms with E-state index in [4.69, 9.17) is 4.74 Å². The normalized spacial score (nSPS) is 26.9. The number of benzene rings is 1. The van der Waals surface area contributed by atoms with Crippen LogP contribution in [0.4, 0.5) is 0 Å². The SMILES string of the molecule is C=CC(C1CNCCN1)C1NC(=O)c2ccccc2O1. The summed E-state index contributed by atoms with van der Waals surface area (Å²) in [5.41, 5.74) is 0.585. The van der Waals surface area contributed by atoms with E-state index in [0.717, 1.165) is 19.6 Å². The van der Waals surface area contributed by atoms with Crippen LogP contribution in [0.15, 0.2) is 36.9 Å². The summed E-state index contributed by atoms with van der Waals surface area (Å²) in [4.78, 5) is 12.1. The minimum absolute atomic E-state index is 0.0140. The lowest BCUT2D eigenvalue weighted by atomic mass is 9.95. The van der Waals surface area contributed by atoms with Gasteiger partial charge in [-0.2, -0.15) is 0 Å². The first kappa shape index (κ1) is 13.1. The molecule has 3 atom stereocenters. The second-order valence-electron chi connectivity index (χ2n) is 5.09. The van der Waals surface area contributed by atoms with Crippen molar-refractivity contribution in [2.45, 2.75) is 12.3 Å². The molecule has 1 amide bonds. The number of piperazine rings is 1. The number of rotatable bonds is 3. The van der Waals surface area contributed by atoms with E-state index in [-0.39, 0.29) is 24.1 Å². The molecule has 0 saturated carbocycles. The molecule has 2 aliphatic heterocycles. The average molecular weight is 273 g/mol. The van der Waals surface area contributed by atoms with Gasteiger partial charge in [0.05, 0.1) is 5.56 Å². The summed E-state index contributed by atoms with van der Waals surface area (Å²) in [7, 11) is 0. The third-order valence-corrected chi connectivity index (χ3v) is 3.82. The van der Waals surface area contributed by atoms with Gasteiger partial charge in [-0.3, -0.25) is 4.79 Å².